The maximum Gasteiger partial charge on any atom is 0.337 e. The molecule has 0 bridgehead atoms. The molecule has 1 aliphatic carbocycles. The van der Waals surface area contributed by atoms with Crippen LogP contribution in [0.5, 0.6) is 0 Å². The minimum absolute atomic E-state index is 0.121. The van der Waals surface area contributed by atoms with E-state index < -0.39 is 36.2 Å². The zero-order valence-electron chi connectivity index (χ0n) is 21.6. The van der Waals surface area contributed by atoms with E-state index in [1.807, 2.05) is 6.08 Å². The first-order valence-corrected chi connectivity index (χ1v) is 12.8. The fourth-order valence-corrected chi connectivity index (χ4v) is 5.42. The van der Waals surface area contributed by atoms with Crippen LogP contribution in [-0.4, -0.2) is 30.7 Å². The van der Waals surface area contributed by atoms with Gasteiger partial charge in [-0.3, -0.25) is 9.59 Å². The summed E-state index contributed by atoms with van der Waals surface area (Å²) < 4.78 is 18.4. The van der Waals surface area contributed by atoms with Gasteiger partial charge >= 0.3 is 5.97 Å². The highest BCUT2D eigenvalue weighted by Gasteiger charge is 2.45. The number of carbonyl (C=O) groups is 4. The minimum Gasteiger partial charge on any atom is -0.550 e. The summed E-state index contributed by atoms with van der Waals surface area (Å²) in [6.45, 7) is 0. The van der Waals surface area contributed by atoms with Crippen molar-refractivity contribution < 1.29 is 33.4 Å². The minimum atomic E-state index is -1.36. The number of allylic oxidation sites excluding steroid dienone is 1. The molecule has 3 aromatic rings. The number of hydrogen-bond acceptors (Lipinski definition) is 7. The number of esters is 1. The number of para-hydroxylation sites is 2. The summed E-state index contributed by atoms with van der Waals surface area (Å²) in [6, 6.07) is 18.7. The maximum atomic E-state index is 14.0. The number of methoxy groups -OCH3 is 1. The molecular formula is C31H26FN2O6-. The molecular weight excluding hydrogens is 515 g/mol. The second-order valence-corrected chi connectivity index (χ2v) is 9.76. The van der Waals surface area contributed by atoms with Crippen molar-refractivity contribution in [3.63, 3.8) is 0 Å². The Hall–Kier alpha value is -4.79. The number of Topliss-reactive ketones (excluding diaryl/α,β-unsaturated/α-hetero) is 1. The smallest absolute Gasteiger partial charge is 0.337 e. The van der Waals surface area contributed by atoms with Gasteiger partial charge in [0.05, 0.1) is 36.0 Å². The number of fused-ring (bicyclic) bond motifs is 2. The molecule has 1 heterocycles. The fraction of sp³-hybridized carbons (Fsp3) is 0.226. The SMILES string of the molecule is COC(=O)c1ccc([C@H]2[C@@H]3C(=O)C[C@H](c4ccc(F)cc4)C=C3Nc3ccccc3N2C(=O)CCC(=O)[O-])cc1. The van der Waals surface area contributed by atoms with Crippen LogP contribution in [0.4, 0.5) is 15.8 Å². The predicted molar refractivity (Wildman–Crippen MR) is 143 cm³/mol. The van der Waals surface area contributed by atoms with Gasteiger partial charge in [-0.2, -0.15) is 0 Å². The van der Waals surface area contributed by atoms with Crippen LogP contribution in [0.1, 0.15) is 52.7 Å². The molecule has 1 N–H and O–H groups in total. The molecule has 8 nitrogen and oxygen atoms in total. The van der Waals surface area contributed by atoms with Crippen molar-refractivity contribution in [3.05, 3.63) is 107 Å². The largest absolute Gasteiger partial charge is 0.550 e. The van der Waals surface area contributed by atoms with Gasteiger partial charge in [0.2, 0.25) is 5.91 Å². The number of anilines is 2. The summed E-state index contributed by atoms with van der Waals surface area (Å²) in [5, 5.41) is 14.6. The Kier molecular flexibility index (Phi) is 7.46. The lowest BCUT2D eigenvalue weighted by Gasteiger charge is -2.37. The van der Waals surface area contributed by atoms with Gasteiger partial charge in [-0.05, 0) is 53.9 Å². The van der Waals surface area contributed by atoms with E-state index in [4.69, 9.17) is 4.74 Å². The van der Waals surface area contributed by atoms with E-state index in [0.717, 1.165) is 5.56 Å². The molecule has 0 aromatic heterocycles. The van der Waals surface area contributed by atoms with E-state index in [1.54, 1.807) is 60.7 Å². The fourth-order valence-electron chi connectivity index (χ4n) is 5.42. The van der Waals surface area contributed by atoms with E-state index >= 15 is 0 Å². The van der Waals surface area contributed by atoms with Gasteiger partial charge in [-0.1, -0.05) is 42.5 Å². The quantitative estimate of drug-likeness (QED) is 0.471. The number of benzene rings is 3. The summed E-state index contributed by atoms with van der Waals surface area (Å²) in [6.07, 6.45) is 1.25. The zero-order valence-corrected chi connectivity index (χ0v) is 21.6. The summed E-state index contributed by atoms with van der Waals surface area (Å²) in [7, 11) is 1.27. The predicted octanol–water partition coefficient (Wildman–Crippen LogP) is 3.90. The van der Waals surface area contributed by atoms with Crippen molar-refractivity contribution >= 4 is 35.0 Å². The topological polar surface area (TPSA) is 116 Å². The lowest BCUT2D eigenvalue weighted by molar-refractivity contribution is -0.305. The average molecular weight is 542 g/mol. The number of carboxylic acids is 1. The molecule has 1 amide bonds. The van der Waals surface area contributed by atoms with Crippen LogP contribution in [-0.2, 0) is 19.1 Å². The first-order valence-electron chi connectivity index (χ1n) is 12.8. The summed E-state index contributed by atoms with van der Waals surface area (Å²) in [5.41, 5.74) is 3.29. The average Bonchev–Trinajstić information content (AvgIpc) is 3.10. The molecule has 0 radical (unpaired) electrons. The highest BCUT2D eigenvalue weighted by atomic mass is 19.1. The molecule has 40 heavy (non-hydrogen) atoms. The monoisotopic (exact) mass is 541 g/mol. The van der Waals surface area contributed by atoms with Gasteiger partial charge in [-0.25, -0.2) is 9.18 Å². The van der Waals surface area contributed by atoms with Gasteiger partial charge in [0.15, 0.2) is 0 Å². The van der Waals surface area contributed by atoms with Crippen LogP contribution in [0.15, 0.2) is 84.6 Å². The van der Waals surface area contributed by atoms with Gasteiger partial charge in [0.1, 0.15) is 11.6 Å². The molecule has 3 atom stereocenters. The van der Waals surface area contributed by atoms with Crippen LogP contribution < -0.4 is 15.3 Å². The molecule has 0 spiro atoms. The summed E-state index contributed by atoms with van der Waals surface area (Å²) in [4.78, 5) is 52.4. The number of carboxylic acid groups (broad SMARTS) is 1. The molecule has 1 aliphatic heterocycles. The molecule has 9 heteroatoms. The second kappa shape index (κ2) is 11.1. The van der Waals surface area contributed by atoms with Gasteiger partial charge in [0, 0.05) is 30.4 Å². The number of hydrogen-bond donors (Lipinski definition) is 1. The number of rotatable bonds is 6. The van der Waals surface area contributed by atoms with Crippen LogP contribution in [0.25, 0.3) is 0 Å². The normalized spacial score (nSPS) is 19.9. The van der Waals surface area contributed by atoms with Crippen molar-refractivity contribution in [1.82, 2.24) is 0 Å². The van der Waals surface area contributed by atoms with E-state index in [0.29, 0.717) is 28.2 Å². The van der Waals surface area contributed by atoms with Gasteiger partial charge in [0.25, 0.3) is 0 Å². The Labute approximate surface area is 230 Å². The Morgan fingerprint density at radius 3 is 2.33 bits per heavy atom. The molecule has 0 unspecified atom stereocenters. The molecule has 5 rings (SSSR count). The number of halogens is 1. The number of carbonyl (C=O) groups excluding carboxylic acids is 4. The number of nitrogens with one attached hydrogen (secondary N) is 1. The Morgan fingerprint density at radius 2 is 1.65 bits per heavy atom. The van der Waals surface area contributed by atoms with E-state index in [-0.39, 0.29) is 30.4 Å². The number of nitrogens with zero attached hydrogens (tertiary/aromatic N) is 1. The molecule has 0 fully saturated rings. The molecule has 0 saturated carbocycles. The Balaban J connectivity index is 1.67. The third-order valence-electron chi connectivity index (χ3n) is 7.30. The standard InChI is InChI=1S/C31H27FN2O6/c1-40-31(39)20-8-6-19(7-9-20)30-29-24(16-21(17-26(29)35)18-10-12-22(32)13-11-18)33-23-4-2-3-5-25(23)34(30)27(36)14-15-28(37)38/h2-13,16,21,29-30,33H,14-15,17H2,1H3,(H,37,38)/p-1/t21-,29+,30+/m1/s1. The number of ketones is 1. The van der Waals surface area contributed by atoms with Gasteiger partial charge < -0.3 is 24.9 Å². The molecule has 3 aromatic carbocycles. The molecule has 0 saturated heterocycles. The summed E-state index contributed by atoms with van der Waals surface area (Å²) in [5.74, 6) is -4.04. The first-order chi connectivity index (χ1) is 19.3. The van der Waals surface area contributed by atoms with Crippen molar-refractivity contribution in [2.24, 2.45) is 5.92 Å². The number of ether oxygens (including phenoxy) is 1. The Bertz CT molecular complexity index is 1500. The third kappa shape index (κ3) is 5.22. The summed E-state index contributed by atoms with van der Waals surface area (Å²) >= 11 is 0. The van der Waals surface area contributed by atoms with Crippen LogP contribution in [0, 0.1) is 11.7 Å². The van der Waals surface area contributed by atoms with E-state index in [2.05, 4.69) is 5.32 Å². The number of aliphatic carboxylic acids is 1. The second-order valence-electron chi connectivity index (χ2n) is 9.76. The van der Waals surface area contributed by atoms with Crippen LogP contribution in [0.3, 0.4) is 0 Å². The first kappa shape index (κ1) is 26.8. The van der Waals surface area contributed by atoms with E-state index in [9.17, 15) is 28.7 Å². The van der Waals surface area contributed by atoms with Crippen LogP contribution >= 0.6 is 0 Å². The maximum absolute atomic E-state index is 14.0. The highest BCUT2D eigenvalue weighted by molar-refractivity contribution is 6.02. The van der Waals surface area contributed by atoms with Crippen molar-refractivity contribution in [1.29, 1.82) is 0 Å². The van der Waals surface area contributed by atoms with Crippen molar-refractivity contribution in [2.75, 3.05) is 17.3 Å². The molecule has 204 valence electrons. The lowest BCUT2D eigenvalue weighted by Crippen LogP contribution is -2.43. The third-order valence-corrected chi connectivity index (χ3v) is 7.30. The zero-order chi connectivity index (χ0) is 28.4. The van der Waals surface area contributed by atoms with E-state index in [1.165, 1.54) is 24.1 Å². The van der Waals surface area contributed by atoms with Crippen molar-refractivity contribution in [2.45, 2.75) is 31.2 Å². The van der Waals surface area contributed by atoms with Crippen molar-refractivity contribution in [3.8, 4) is 0 Å². The molecule has 2 aliphatic rings. The highest BCUT2D eigenvalue weighted by Crippen LogP contribution is 2.48. The van der Waals surface area contributed by atoms with Crippen LogP contribution in [0.2, 0.25) is 0 Å². The lowest BCUT2D eigenvalue weighted by atomic mass is 9.76. The Morgan fingerprint density at radius 1 is 0.975 bits per heavy atom. The van der Waals surface area contributed by atoms with Gasteiger partial charge in [-0.15, -0.1) is 0 Å². The number of amides is 1.